The van der Waals surface area contributed by atoms with Gasteiger partial charge >= 0.3 is 6.18 Å². The smallest absolute Gasteiger partial charge is 0.325 e. The summed E-state index contributed by atoms with van der Waals surface area (Å²) in [5, 5.41) is 2.07. The Morgan fingerprint density at radius 3 is 2.29 bits per heavy atom. The number of benzene rings is 1. The van der Waals surface area contributed by atoms with Crippen molar-refractivity contribution < 1.29 is 27.6 Å². The van der Waals surface area contributed by atoms with Crippen LogP contribution in [0.3, 0.4) is 0 Å². The maximum absolute atomic E-state index is 12.7. The van der Waals surface area contributed by atoms with Gasteiger partial charge < -0.3 is 5.32 Å². The molecule has 1 heterocycles. The summed E-state index contributed by atoms with van der Waals surface area (Å²) in [6.45, 7) is 0. The van der Waals surface area contributed by atoms with Gasteiger partial charge in [0.05, 0.1) is 11.3 Å². The van der Waals surface area contributed by atoms with E-state index in [9.17, 15) is 27.6 Å². The Kier molecular flexibility index (Phi) is 3.83. The predicted molar refractivity (Wildman–Crippen MR) is 64.5 cm³/mol. The Hall–Kier alpha value is -2.58. The van der Waals surface area contributed by atoms with Gasteiger partial charge in [0.2, 0.25) is 5.91 Å². The number of para-hydroxylation sites is 1. The molecule has 0 spiro atoms. The first-order valence-electron chi connectivity index (χ1n) is 5.85. The number of alkyl halides is 3. The molecule has 0 bridgehead atoms. The van der Waals surface area contributed by atoms with Crippen LogP contribution in [-0.2, 0) is 20.6 Å². The molecule has 0 radical (unpaired) electrons. The van der Waals surface area contributed by atoms with E-state index in [-0.39, 0.29) is 0 Å². The second-order valence-corrected chi connectivity index (χ2v) is 4.33. The van der Waals surface area contributed by atoms with Crippen molar-refractivity contribution >= 4 is 23.4 Å². The van der Waals surface area contributed by atoms with E-state index >= 15 is 0 Å². The van der Waals surface area contributed by atoms with Crippen molar-refractivity contribution in [1.29, 1.82) is 0 Å². The molecule has 9 heteroatoms. The lowest BCUT2D eigenvalue weighted by Crippen LogP contribution is -2.28. The van der Waals surface area contributed by atoms with E-state index in [1.165, 1.54) is 12.1 Å². The molecule has 0 aromatic heterocycles. The third kappa shape index (κ3) is 3.30. The fourth-order valence-corrected chi connectivity index (χ4v) is 1.83. The number of rotatable bonds is 3. The summed E-state index contributed by atoms with van der Waals surface area (Å²) in [6.07, 6.45) is -5.16. The highest BCUT2D eigenvalue weighted by Gasteiger charge is 2.36. The summed E-state index contributed by atoms with van der Waals surface area (Å²) in [7, 11) is 0. The number of halogens is 3. The largest absolute Gasteiger partial charge is 0.418 e. The van der Waals surface area contributed by atoms with Gasteiger partial charge in [-0.2, -0.15) is 13.2 Å². The molecule has 1 aliphatic heterocycles. The highest BCUT2D eigenvalue weighted by molar-refractivity contribution is 6.09. The van der Waals surface area contributed by atoms with Crippen molar-refractivity contribution in [2.24, 2.45) is 5.92 Å². The van der Waals surface area contributed by atoms with E-state index in [1.807, 2.05) is 10.9 Å². The Morgan fingerprint density at radius 1 is 1.14 bits per heavy atom. The molecule has 112 valence electrons. The fraction of sp³-hybridized carbons (Fsp3) is 0.250. The van der Waals surface area contributed by atoms with Crippen LogP contribution in [0.4, 0.5) is 18.9 Å². The average molecular weight is 301 g/mol. The fourth-order valence-electron chi connectivity index (χ4n) is 1.83. The minimum atomic E-state index is -4.62. The van der Waals surface area contributed by atoms with Crippen LogP contribution in [0.25, 0.3) is 0 Å². The zero-order valence-electron chi connectivity index (χ0n) is 10.5. The third-order valence-corrected chi connectivity index (χ3v) is 2.84. The first-order valence-corrected chi connectivity index (χ1v) is 5.85. The van der Waals surface area contributed by atoms with Crippen molar-refractivity contribution in [2.45, 2.75) is 12.6 Å². The number of nitrogens with one attached hydrogen (secondary N) is 3. The molecule has 1 aromatic rings. The van der Waals surface area contributed by atoms with Gasteiger partial charge in [-0.15, -0.1) is 0 Å². The van der Waals surface area contributed by atoms with E-state index in [1.54, 1.807) is 0 Å². The summed E-state index contributed by atoms with van der Waals surface area (Å²) in [6, 6.07) is 4.44. The Morgan fingerprint density at radius 2 is 1.71 bits per heavy atom. The highest BCUT2D eigenvalue weighted by Crippen LogP contribution is 2.34. The van der Waals surface area contributed by atoms with Crippen LogP contribution < -0.4 is 16.2 Å². The van der Waals surface area contributed by atoms with Crippen molar-refractivity contribution in [3.8, 4) is 0 Å². The van der Waals surface area contributed by atoms with E-state index in [0.717, 1.165) is 12.1 Å². The monoisotopic (exact) mass is 301 g/mol. The summed E-state index contributed by atoms with van der Waals surface area (Å²) < 4.78 is 38.2. The molecule has 0 unspecified atom stereocenters. The van der Waals surface area contributed by atoms with Crippen molar-refractivity contribution in [1.82, 2.24) is 10.9 Å². The summed E-state index contributed by atoms with van der Waals surface area (Å²) in [5.41, 5.74) is 2.63. The molecule has 3 N–H and O–H groups in total. The van der Waals surface area contributed by atoms with Crippen LogP contribution in [0.2, 0.25) is 0 Å². The number of hydrazine groups is 1. The maximum Gasteiger partial charge on any atom is 0.418 e. The number of carbonyl (C=O) groups excluding carboxylic acids is 3. The number of anilines is 1. The van der Waals surface area contributed by atoms with Crippen molar-refractivity contribution in [2.75, 3.05) is 5.32 Å². The van der Waals surface area contributed by atoms with Gasteiger partial charge in [0.1, 0.15) is 5.92 Å². The van der Waals surface area contributed by atoms with Crippen molar-refractivity contribution in [3.63, 3.8) is 0 Å². The zero-order valence-corrected chi connectivity index (χ0v) is 10.5. The zero-order chi connectivity index (χ0) is 15.6. The quantitative estimate of drug-likeness (QED) is 0.722. The number of amides is 3. The van der Waals surface area contributed by atoms with E-state index in [2.05, 4.69) is 5.32 Å². The van der Waals surface area contributed by atoms with Crippen molar-refractivity contribution in [3.05, 3.63) is 29.8 Å². The molecule has 6 nitrogen and oxygen atoms in total. The summed E-state index contributed by atoms with van der Waals surface area (Å²) >= 11 is 0. The Labute approximate surface area is 116 Å². The van der Waals surface area contributed by atoms with Gasteiger partial charge in [-0.25, -0.2) is 0 Å². The molecule has 1 fully saturated rings. The highest BCUT2D eigenvalue weighted by atomic mass is 19.4. The molecule has 1 aromatic carbocycles. The van der Waals surface area contributed by atoms with Crippen LogP contribution in [0, 0.1) is 5.92 Å². The number of hydrogen-bond acceptors (Lipinski definition) is 3. The van der Waals surface area contributed by atoms with Gasteiger partial charge in [-0.05, 0) is 12.1 Å². The standard InChI is InChI=1S/C12H10F3N3O3/c13-12(14,15)7-3-1-2-4-8(7)16-9(19)5-6-10(20)17-18-11(6)21/h1-4,6H,5H2,(H,16,19)(H,17,20)(H,18,21). The van der Waals surface area contributed by atoms with Gasteiger partial charge in [0.15, 0.2) is 0 Å². The molecule has 0 saturated carbocycles. The van der Waals surface area contributed by atoms with Gasteiger partial charge in [0.25, 0.3) is 11.8 Å². The number of carbonyl (C=O) groups is 3. The van der Waals surface area contributed by atoms with Crippen LogP contribution in [0.15, 0.2) is 24.3 Å². The Balaban J connectivity index is 2.10. The predicted octanol–water partition coefficient (Wildman–Crippen LogP) is 0.811. The van der Waals surface area contributed by atoms with E-state index in [4.69, 9.17) is 0 Å². The normalized spacial score (nSPS) is 15.6. The first kappa shape index (κ1) is 14.8. The minimum absolute atomic E-state index is 0.422. The molecule has 1 aliphatic rings. The molecular weight excluding hydrogens is 291 g/mol. The second-order valence-electron chi connectivity index (χ2n) is 4.33. The van der Waals surface area contributed by atoms with Gasteiger partial charge in [0, 0.05) is 6.42 Å². The topological polar surface area (TPSA) is 87.3 Å². The van der Waals surface area contributed by atoms with Crippen LogP contribution in [0.1, 0.15) is 12.0 Å². The van der Waals surface area contributed by atoms with Crippen LogP contribution in [-0.4, -0.2) is 17.7 Å². The molecule has 2 rings (SSSR count). The van der Waals surface area contributed by atoms with Gasteiger partial charge in [-0.1, -0.05) is 12.1 Å². The molecule has 0 aliphatic carbocycles. The maximum atomic E-state index is 12.7. The summed E-state index contributed by atoms with van der Waals surface area (Å²) in [4.78, 5) is 34.2. The molecule has 3 amide bonds. The molecular formula is C12H10F3N3O3. The SMILES string of the molecule is O=C(CC1C(=O)NNC1=O)Nc1ccccc1C(F)(F)F. The minimum Gasteiger partial charge on any atom is -0.325 e. The molecule has 1 saturated heterocycles. The lowest BCUT2D eigenvalue weighted by atomic mass is 10.0. The lowest BCUT2D eigenvalue weighted by molar-refractivity contribution is -0.137. The average Bonchev–Trinajstić information content (AvgIpc) is 2.70. The lowest BCUT2D eigenvalue weighted by Gasteiger charge is -2.13. The van der Waals surface area contributed by atoms with Gasteiger partial charge in [-0.3, -0.25) is 25.2 Å². The van der Waals surface area contributed by atoms with E-state index in [0.29, 0.717) is 0 Å². The third-order valence-electron chi connectivity index (χ3n) is 2.84. The Bertz CT molecular complexity index is 585. The first-order chi connectivity index (χ1) is 9.79. The van der Waals surface area contributed by atoms with Crippen LogP contribution in [0.5, 0.6) is 0 Å². The molecule has 21 heavy (non-hydrogen) atoms. The summed E-state index contributed by atoms with van der Waals surface area (Å²) in [5.74, 6) is -3.49. The molecule has 0 atom stereocenters. The van der Waals surface area contributed by atoms with Crippen LogP contribution >= 0.6 is 0 Å². The number of hydrogen-bond donors (Lipinski definition) is 3. The van der Waals surface area contributed by atoms with E-state index < -0.39 is 47.5 Å². The second kappa shape index (κ2) is 5.43.